The van der Waals surface area contributed by atoms with Crippen molar-refractivity contribution in [3.8, 4) is 0 Å². The molecule has 0 saturated carbocycles. The van der Waals surface area contributed by atoms with Gasteiger partial charge in [-0.1, -0.05) is 90.4 Å². The number of hydrogen-bond donors (Lipinski definition) is 1. The summed E-state index contributed by atoms with van der Waals surface area (Å²) in [6.45, 7) is 3.73. The second kappa shape index (κ2) is 19.8. The van der Waals surface area contributed by atoms with Crippen LogP contribution in [0.4, 0.5) is 0 Å². The van der Waals surface area contributed by atoms with E-state index in [0.717, 1.165) is 57.8 Å². The predicted molar refractivity (Wildman–Crippen MR) is 105 cm³/mol. The SMILES string of the molecule is CCCCCCCCCC(O)CCCCCCCCC(C)S(=O)(=O)[O-].[K+]. The van der Waals surface area contributed by atoms with Crippen molar-refractivity contribution in [2.24, 2.45) is 0 Å². The molecule has 0 rings (SSSR count). The average Bonchev–Trinajstić information content (AvgIpc) is 2.55. The summed E-state index contributed by atoms with van der Waals surface area (Å²) in [5.41, 5.74) is 0. The Hall–Kier alpha value is 1.51. The Labute approximate surface area is 205 Å². The molecule has 2 atom stereocenters. The summed E-state index contributed by atoms with van der Waals surface area (Å²) in [6.07, 6.45) is 17.4. The van der Waals surface area contributed by atoms with Crippen molar-refractivity contribution >= 4 is 10.1 Å². The summed E-state index contributed by atoms with van der Waals surface area (Å²) in [7, 11) is -4.11. The Morgan fingerprint density at radius 3 is 1.46 bits per heavy atom. The monoisotopic (exact) mass is 416 g/mol. The van der Waals surface area contributed by atoms with Gasteiger partial charge in [0, 0.05) is 5.25 Å². The maximum absolute atomic E-state index is 10.8. The largest absolute Gasteiger partial charge is 1.00 e. The molecule has 0 aromatic heterocycles. The zero-order valence-corrected chi connectivity index (χ0v) is 21.5. The molecule has 0 aliphatic heterocycles. The fourth-order valence-electron chi connectivity index (χ4n) is 3.14. The van der Waals surface area contributed by atoms with Crippen LogP contribution in [0.2, 0.25) is 0 Å². The van der Waals surface area contributed by atoms with Crippen LogP contribution in [-0.4, -0.2) is 29.4 Å². The zero-order valence-electron chi connectivity index (χ0n) is 17.5. The molecular formula is C20H41KO4S. The van der Waals surface area contributed by atoms with Gasteiger partial charge in [0.2, 0.25) is 0 Å². The maximum atomic E-state index is 10.8. The van der Waals surface area contributed by atoms with Gasteiger partial charge >= 0.3 is 51.4 Å². The first kappa shape index (κ1) is 29.7. The van der Waals surface area contributed by atoms with E-state index in [2.05, 4.69) is 6.92 Å². The molecule has 0 aromatic rings. The molecule has 26 heavy (non-hydrogen) atoms. The fourth-order valence-corrected chi connectivity index (χ4v) is 3.60. The van der Waals surface area contributed by atoms with Gasteiger partial charge in [-0.05, 0) is 26.2 Å². The molecule has 0 aromatic carbocycles. The Kier molecular flexibility index (Phi) is 22.6. The van der Waals surface area contributed by atoms with Crippen LogP contribution in [-0.2, 0) is 10.1 Å². The summed E-state index contributed by atoms with van der Waals surface area (Å²) < 4.78 is 32.3. The quantitative estimate of drug-likeness (QED) is 0.212. The van der Waals surface area contributed by atoms with Crippen molar-refractivity contribution in [2.75, 3.05) is 0 Å². The van der Waals surface area contributed by atoms with Crippen LogP contribution in [0.3, 0.4) is 0 Å². The molecule has 0 bridgehead atoms. The first-order valence-corrected chi connectivity index (χ1v) is 12.0. The second-order valence-electron chi connectivity index (χ2n) is 7.57. The van der Waals surface area contributed by atoms with Crippen LogP contribution in [0.5, 0.6) is 0 Å². The van der Waals surface area contributed by atoms with E-state index < -0.39 is 15.4 Å². The Bertz CT molecular complexity index is 387. The standard InChI is InChI=1S/C20H42O4S.K/c1-3-4-5-6-7-11-14-17-20(21)18-15-12-9-8-10-13-16-19(2)25(22,23)24;/h19-21H,3-18H2,1-2H3,(H,22,23,24);/q;+1/p-1. The van der Waals surface area contributed by atoms with Crippen molar-refractivity contribution in [3.63, 3.8) is 0 Å². The van der Waals surface area contributed by atoms with E-state index in [0.29, 0.717) is 6.42 Å². The van der Waals surface area contributed by atoms with E-state index in [9.17, 15) is 18.1 Å². The van der Waals surface area contributed by atoms with E-state index in [1.165, 1.54) is 45.4 Å². The summed E-state index contributed by atoms with van der Waals surface area (Å²) >= 11 is 0. The summed E-state index contributed by atoms with van der Waals surface area (Å²) in [5.74, 6) is 0. The topological polar surface area (TPSA) is 77.4 Å². The molecule has 152 valence electrons. The van der Waals surface area contributed by atoms with Crippen molar-refractivity contribution in [2.45, 2.75) is 128 Å². The maximum Gasteiger partial charge on any atom is 1.00 e. The summed E-state index contributed by atoms with van der Waals surface area (Å²) in [4.78, 5) is 0. The number of hydrogen-bond acceptors (Lipinski definition) is 4. The molecule has 0 aliphatic carbocycles. The Morgan fingerprint density at radius 1 is 0.731 bits per heavy atom. The van der Waals surface area contributed by atoms with Crippen LogP contribution in [0, 0.1) is 0 Å². The van der Waals surface area contributed by atoms with Crippen molar-refractivity contribution in [1.29, 1.82) is 0 Å². The van der Waals surface area contributed by atoms with Gasteiger partial charge < -0.3 is 9.66 Å². The van der Waals surface area contributed by atoms with Gasteiger partial charge in [0.05, 0.1) is 16.2 Å². The number of aliphatic hydroxyl groups is 1. The van der Waals surface area contributed by atoms with Crippen molar-refractivity contribution in [3.05, 3.63) is 0 Å². The fraction of sp³-hybridized carbons (Fsp3) is 1.00. The van der Waals surface area contributed by atoms with Crippen molar-refractivity contribution in [1.82, 2.24) is 0 Å². The van der Waals surface area contributed by atoms with Gasteiger partial charge in [-0.15, -0.1) is 0 Å². The van der Waals surface area contributed by atoms with Gasteiger partial charge in [0.1, 0.15) is 0 Å². The molecular weight excluding hydrogens is 375 g/mol. The molecule has 1 N–H and O–H groups in total. The first-order valence-electron chi connectivity index (χ1n) is 10.5. The molecule has 2 unspecified atom stereocenters. The zero-order chi connectivity index (χ0) is 19.0. The van der Waals surface area contributed by atoms with E-state index in [4.69, 9.17) is 0 Å². The summed E-state index contributed by atoms with van der Waals surface area (Å²) in [6, 6.07) is 0. The number of rotatable bonds is 18. The van der Waals surface area contributed by atoms with Gasteiger partial charge in [-0.3, -0.25) is 0 Å². The molecule has 0 amide bonds. The summed E-state index contributed by atoms with van der Waals surface area (Å²) in [5, 5.41) is 9.23. The molecule has 0 heterocycles. The van der Waals surface area contributed by atoms with Gasteiger partial charge in [-0.2, -0.15) is 0 Å². The molecule has 0 fully saturated rings. The Morgan fingerprint density at radius 2 is 1.08 bits per heavy atom. The number of aliphatic hydroxyl groups excluding tert-OH is 1. The molecule has 0 radical (unpaired) electrons. The third-order valence-electron chi connectivity index (χ3n) is 5.03. The van der Waals surface area contributed by atoms with Crippen LogP contribution < -0.4 is 51.4 Å². The average molecular weight is 417 g/mol. The molecule has 0 saturated heterocycles. The van der Waals surface area contributed by atoms with Crippen LogP contribution >= 0.6 is 0 Å². The van der Waals surface area contributed by atoms with Crippen molar-refractivity contribution < 1.29 is 69.5 Å². The molecule has 0 spiro atoms. The Balaban J connectivity index is 0. The van der Waals surface area contributed by atoms with Crippen LogP contribution in [0.25, 0.3) is 0 Å². The third-order valence-corrected chi connectivity index (χ3v) is 6.25. The van der Waals surface area contributed by atoms with Gasteiger partial charge in [0.25, 0.3) is 0 Å². The second-order valence-corrected chi connectivity index (χ2v) is 9.36. The van der Waals surface area contributed by atoms with E-state index in [1.807, 2.05) is 0 Å². The van der Waals surface area contributed by atoms with Gasteiger partial charge in [-0.25, -0.2) is 8.42 Å². The van der Waals surface area contributed by atoms with Crippen LogP contribution in [0.15, 0.2) is 0 Å². The van der Waals surface area contributed by atoms with E-state index >= 15 is 0 Å². The predicted octanol–water partition coefficient (Wildman–Crippen LogP) is 2.55. The molecule has 6 heteroatoms. The van der Waals surface area contributed by atoms with Crippen LogP contribution in [0.1, 0.15) is 117 Å². The minimum absolute atomic E-state index is 0. The molecule has 4 nitrogen and oxygen atoms in total. The minimum Gasteiger partial charge on any atom is -0.748 e. The third kappa shape index (κ3) is 20.2. The number of unbranched alkanes of at least 4 members (excludes halogenated alkanes) is 11. The van der Waals surface area contributed by atoms with E-state index in [-0.39, 0.29) is 57.5 Å². The normalized spacial score (nSPS) is 14.0. The minimum atomic E-state index is -4.11. The van der Waals surface area contributed by atoms with Gasteiger partial charge in [0.15, 0.2) is 0 Å². The molecule has 0 aliphatic rings. The first-order chi connectivity index (χ1) is 11.9. The van der Waals surface area contributed by atoms with E-state index in [1.54, 1.807) is 0 Å². The smallest absolute Gasteiger partial charge is 0.748 e.